The number of carbonyl (C=O) groups is 1. The van der Waals surface area contributed by atoms with Gasteiger partial charge in [0.2, 0.25) is 0 Å². The highest BCUT2D eigenvalue weighted by atomic mass is 32.2. The van der Waals surface area contributed by atoms with Gasteiger partial charge in [-0.3, -0.25) is 9.89 Å². The van der Waals surface area contributed by atoms with Gasteiger partial charge < -0.3 is 15.2 Å². The minimum absolute atomic E-state index is 0.000630. The topological polar surface area (TPSA) is 137 Å². The average Bonchev–Trinajstić information content (AvgIpc) is 3.59. The average molecular weight is 514 g/mol. The van der Waals surface area contributed by atoms with Gasteiger partial charge in [-0.05, 0) is 35.9 Å². The van der Waals surface area contributed by atoms with E-state index in [1.807, 2.05) is 48.7 Å². The summed E-state index contributed by atoms with van der Waals surface area (Å²) in [6.45, 7) is 0.420. The zero-order chi connectivity index (χ0) is 25.4. The summed E-state index contributed by atoms with van der Waals surface area (Å²) in [5.74, 6) is 1.00. The van der Waals surface area contributed by atoms with Gasteiger partial charge in [0.05, 0.1) is 17.7 Å². The molecule has 0 unspecified atom stereocenters. The summed E-state index contributed by atoms with van der Waals surface area (Å²) in [5.41, 5.74) is 4.99. The number of hydrogen-bond donors (Lipinski definition) is 3. The number of H-pyrrole nitrogens is 2. The Morgan fingerprint density at radius 1 is 0.946 bits per heavy atom. The number of benzene rings is 2. The molecule has 1 saturated heterocycles. The summed E-state index contributed by atoms with van der Waals surface area (Å²) in [6.07, 6.45) is 5.32. The first-order valence-electron chi connectivity index (χ1n) is 11.8. The van der Waals surface area contributed by atoms with Gasteiger partial charge >= 0.3 is 0 Å². The highest BCUT2D eigenvalue weighted by Gasteiger charge is 2.26. The van der Waals surface area contributed by atoms with Crippen molar-refractivity contribution in [2.45, 2.75) is 0 Å². The summed E-state index contributed by atoms with van der Waals surface area (Å²) in [4.78, 5) is 26.7. The Kier molecular flexibility index (Phi) is 5.68. The van der Waals surface area contributed by atoms with Gasteiger partial charge in [0.15, 0.2) is 15.7 Å². The van der Waals surface area contributed by atoms with Gasteiger partial charge in [-0.1, -0.05) is 24.3 Å². The second-order valence-corrected chi connectivity index (χ2v) is 11.2. The molecule has 1 aliphatic rings. The van der Waals surface area contributed by atoms with E-state index in [2.05, 4.69) is 30.5 Å². The van der Waals surface area contributed by atoms with Crippen molar-refractivity contribution in [3.8, 4) is 22.5 Å². The molecule has 5 aromatic rings. The Hall–Kier alpha value is -4.51. The number of nitrogens with zero attached hydrogens (tertiary/aromatic N) is 4. The van der Waals surface area contributed by atoms with E-state index in [0.717, 1.165) is 33.3 Å². The fourth-order valence-electron chi connectivity index (χ4n) is 4.34. The Morgan fingerprint density at radius 3 is 2.49 bits per heavy atom. The van der Waals surface area contributed by atoms with Crippen LogP contribution in [0.3, 0.4) is 0 Å². The molecule has 0 atom stereocenters. The molecule has 11 heteroatoms. The van der Waals surface area contributed by atoms with Crippen molar-refractivity contribution >= 4 is 38.2 Å². The van der Waals surface area contributed by atoms with E-state index in [-0.39, 0.29) is 30.5 Å². The third kappa shape index (κ3) is 4.81. The minimum Gasteiger partial charge on any atom is -0.351 e. The summed E-state index contributed by atoms with van der Waals surface area (Å²) in [6, 6.07) is 17.3. The second kappa shape index (κ2) is 9.17. The van der Waals surface area contributed by atoms with Gasteiger partial charge in [0.25, 0.3) is 5.91 Å². The lowest BCUT2D eigenvalue weighted by Crippen LogP contribution is -2.43. The van der Waals surface area contributed by atoms with Crippen molar-refractivity contribution in [1.82, 2.24) is 30.0 Å². The van der Waals surface area contributed by atoms with Crippen molar-refractivity contribution in [3.63, 3.8) is 0 Å². The molecule has 1 fully saturated rings. The van der Waals surface area contributed by atoms with Crippen LogP contribution in [0, 0.1) is 0 Å². The molecule has 6 rings (SSSR count). The molecule has 0 radical (unpaired) electrons. The maximum atomic E-state index is 12.9. The van der Waals surface area contributed by atoms with Gasteiger partial charge in [0.1, 0.15) is 11.5 Å². The number of amides is 1. The molecule has 0 spiro atoms. The number of fused-ring (bicyclic) bond motifs is 1. The molecule has 3 N–H and O–H groups in total. The Bertz CT molecular complexity index is 1680. The lowest BCUT2D eigenvalue weighted by atomic mass is 10.1. The van der Waals surface area contributed by atoms with E-state index in [9.17, 15) is 13.2 Å². The summed E-state index contributed by atoms with van der Waals surface area (Å²) >= 11 is 0. The van der Waals surface area contributed by atoms with Gasteiger partial charge in [-0.2, -0.15) is 5.10 Å². The smallest absolute Gasteiger partial charge is 0.270 e. The highest BCUT2D eigenvalue weighted by Crippen LogP contribution is 2.26. The number of rotatable bonds is 5. The molecule has 37 heavy (non-hydrogen) atoms. The maximum Gasteiger partial charge on any atom is 0.270 e. The largest absolute Gasteiger partial charge is 0.351 e. The molecule has 0 bridgehead atoms. The Balaban J connectivity index is 1.20. The van der Waals surface area contributed by atoms with E-state index in [1.165, 1.54) is 0 Å². The highest BCUT2D eigenvalue weighted by molar-refractivity contribution is 7.91. The monoisotopic (exact) mass is 513 g/mol. The molecule has 1 aliphatic heterocycles. The summed E-state index contributed by atoms with van der Waals surface area (Å²) < 4.78 is 23.4. The molecule has 4 heterocycles. The fourth-order valence-corrected chi connectivity index (χ4v) is 5.54. The zero-order valence-electron chi connectivity index (χ0n) is 19.7. The number of nitrogens with one attached hydrogen (secondary N) is 3. The van der Waals surface area contributed by atoms with Crippen LogP contribution in [0.25, 0.3) is 33.4 Å². The summed E-state index contributed by atoms with van der Waals surface area (Å²) in [5, 5.41) is 11.0. The number of carbonyl (C=O) groups excluding carboxylic acids is 1. The number of aromatic nitrogens is 5. The van der Waals surface area contributed by atoms with Crippen molar-refractivity contribution in [2.24, 2.45) is 0 Å². The molecule has 0 aliphatic carbocycles. The first-order valence-corrected chi connectivity index (χ1v) is 13.6. The minimum atomic E-state index is -3.05. The van der Waals surface area contributed by atoms with E-state index in [4.69, 9.17) is 0 Å². The number of anilines is 2. The van der Waals surface area contributed by atoms with E-state index in [0.29, 0.717) is 17.3 Å². The van der Waals surface area contributed by atoms with Crippen LogP contribution in [0.5, 0.6) is 0 Å². The van der Waals surface area contributed by atoms with E-state index >= 15 is 0 Å². The van der Waals surface area contributed by atoms with Gasteiger partial charge in [0, 0.05) is 53.2 Å². The van der Waals surface area contributed by atoms with Crippen LogP contribution in [-0.2, 0) is 9.84 Å². The maximum absolute atomic E-state index is 12.9. The van der Waals surface area contributed by atoms with Crippen LogP contribution in [0.15, 0.2) is 73.2 Å². The number of hydrogen-bond acceptors (Lipinski definition) is 7. The van der Waals surface area contributed by atoms with Crippen LogP contribution < -0.4 is 5.32 Å². The molecule has 0 saturated carbocycles. The van der Waals surface area contributed by atoms with Crippen molar-refractivity contribution in [3.05, 3.63) is 78.9 Å². The second-order valence-electron chi connectivity index (χ2n) is 8.88. The standard InChI is InChI=1S/C26H23N7O3S/c34-26(33-9-11-37(35,36)12-10-33)23-13-18-1-2-19(14-22(18)31-23)25-27-8-7-24(32-25)30-21-5-3-17(4-6-21)20-15-28-29-16-20/h1-8,13-16,31H,9-12H2,(H,28,29)(H,27,30,32). The van der Waals surface area contributed by atoms with Crippen LogP contribution in [0.1, 0.15) is 10.5 Å². The van der Waals surface area contributed by atoms with Crippen molar-refractivity contribution in [2.75, 3.05) is 29.9 Å². The summed E-state index contributed by atoms with van der Waals surface area (Å²) in [7, 11) is -3.05. The van der Waals surface area contributed by atoms with Crippen LogP contribution in [0.2, 0.25) is 0 Å². The lowest BCUT2D eigenvalue weighted by Gasteiger charge is -2.26. The normalized spacial score (nSPS) is 15.1. The molecular formula is C26H23N7O3S. The molecular weight excluding hydrogens is 490 g/mol. The quantitative estimate of drug-likeness (QED) is 0.326. The van der Waals surface area contributed by atoms with Crippen molar-refractivity contribution in [1.29, 1.82) is 0 Å². The molecule has 186 valence electrons. The van der Waals surface area contributed by atoms with E-state index < -0.39 is 9.84 Å². The molecule has 1 amide bonds. The third-order valence-corrected chi connectivity index (χ3v) is 8.00. The number of sulfone groups is 1. The Morgan fingerprint density at radius 2 is 1.73 bits per heavy atom. The number of aromatic amines is 2. The fraction of sp³-hybridized carbons (Fsp3) is 0.154. The van der Waals surface area contributed by atoms with Gasteiger partial charge in [-0.15, -0.1) is 0 Å². The third-order valence-electron chi connectivity index (χ3n) is 6.39. The van der Waals surface area contributed by atoms with Crippen LogP contribution in [0.4, 0.5) is 11.5 Å². The first-order chi connectivity index (χ1) is 17.9. The predicted molar refractivity (Wildman–Crippen MR) is 141 cm³/mol. The SMILES string of the molecule is O=C(c1cc2ccc(-c3nccc(Nc4ccc(-c5cn[nH]c5)cc4)n3)cc2[nH]1)N1CCS(=O)(=O)CC1. The van der Waals surface area contributed by atoms with Crippen LogP contribution >= 0.6 is 0 Å². The lowest BCUT2D eigenvalue weighted by molar-refractivity contribution is 0.0765. The zero-order valence-corrected chi connectivity index (χ0v) is 20.5. The van der Waals surface area contributed by atoms with Crippen molar-refractivity contribution < 1.29 is 13.2 Å². The predicted octanol–water partition coefficient (Wildman–Crippen LogP) is 3.63. The van der Waals surface area contributed by atoms with Gasteiger partial charge in [-0.25, -0.2) is 18.4 Å². The molecule has 3 aromatic heterocycles. The first kappa shape index (κ1) is 22.9. The molecule has 10 nitrogen and oxygen atoms in total. The Labute approximate surface area is 212 Å². The van der Waals surface area contributed by atoms with Crippen LogP contribution in [-0.4, -0.2) is 69.0 Å². The molecule has 2 aromatic carbocycles. The van der Waals surface area contributed by atoms with E-state index in [1.54, 1.807) is 29.4 Å².